The van der Waals surface area contributed by atoms with Gasteiger partial charge >= 0.3 is 6.18 Å². The average Bonchev–Trinajstić information content (AvgIpc) is 3.19. The van der Waals surface area contributed by atoms with Crippen molar-refractivity contribution in [2.75, 3.05) is 37.7 Å². The number of rotatable bonds is 4. The van der Waals surface area contributed by atoms with Crippen molar-refractivity contribution in [3.8, 4) is 5.69 Å². The molecule has 0 spiro atoms. The molecule has 3 aliphatic rings. The molecule has 0 atom stereocenters. The van der Waals surface area contributed by atoms with E-state index in [0.717, 1.165) is 23.1 Å². The van der Waals surface area contributed by atoms with E-state index in [1.807, 2.05) is 21.6 Å². The lowest BCUT2D eigenvalue weighted by atomic mass is 9.95. The number of fused-ring (bicyclic) bond motifs is 3. The highest BCUT2D eigenvalue weighted by molar-refractivity contribution is 6.30. The maximum atomic E-state index is 14.9. The van der Waals surface area contributed by atoms with Crippen LogP contribution in [0.3, 0.4) is 0 Å². The van der Waals surface area contributed by atoms with Crippen LogP contribution in [0.15, 0.2) is 36.4 Å². The third-order valence-electron chi connectivity index (χ3n) is 7.51. The Kier molecular flexibility index (Phi) is 6.35. The Morgan fingerprint density at radius 1 is 1.03 bits per heavy atom. The quantitative estimate of drug-likeness (QED) is 0.398. The Bertz CT molecular complexity index is 1350. The highest BCUT2D eigenvalue weighted by Gasteiger charge is 2.42. The van der Waals surface area contributed by atoms with Gasteiger partial charge in [-0.2, -0.15) is 13.2 Å². The lowest BCUT2D eigenvalue weighted by Gasteiger charge is -2.37. The van der Waals surface area contributed by atoms with Crippen molar-refractivity contribution >= 4 is 17.3 Å². The molecule has 0 amide bonds. The van der Waals surface area contributed by atoms with Crippen LogP contribution >= 0.6 is 11.6 Å². The van der Waals surface area contributed by atoms with Crippen molar-refractivity contribution in [2.24, 2.45) is 0 Å². The fourth-order valence-corrected chi connectivity index (χ4v) is 5.84. The minimum absolute atomic E-state index is 0.0380. The van der Waals surface area contributed by atoms with E-state index in [2.05, 4.69) is 10.2 Å². The second kappa shape index (κ2) is 9.46. The van der Waals surface area contributed by atoms with E-state index >= 15 is 0 Å². The molecule has 6 nitrogen and oxygen atoms in total. The second-order valence-corrected chi connectivity index (χ2v) is 10.7. The number of piperidine rings is 1. The molecule has 2 saturated heterocycles. The van der Waals surface area contributed by atoms with E-state index in [4.69, 9.17) is 16.3 Å². The first-order chi connectivity index (χ1) is 18.1. The molecular formula is C26H25ClF5N5O. The van der Waals surface area contributed by atoms with Crippen LogP contribution in [0.4, 0.5) is 27.6 Å². The predicted octanol–water partition coefficient (Wildman–Crippen LogP) is 5.52. The average molecular weight is 554 g/mol. The smallest absolute Gasteiger partial charge is 0.375 e. The molecule has 0 aliphatic carbocycles. The monoisotopic (exact) mass is 553 g/mol. The van der Waals surface area contributed by atoms with Crippen molar-refractivity contribution in [3.63, 3.8) is 0 Å². The predicted molar refractivity (Wildman–Crippen MR) is 131 cm³/mol. The van der Waals surface area contributed by atoms with Crippen LogP contribution in [0.5, 0.6) is 0 Å². The van der Waals surface area contributed by atoms with Gasteiger partial charge in [0.1, 0.15) is 5.82 Å². The van der Waals surface area contributed by atoms with Crippen molar-refractivity contribution in [1.82, 2.24) is 19.7 Å². The summed E-state index contributed by atoms with van der Waals surface area (Å²) in [6.45, 7) is 1.94. The number of aromatic nitrogens is 3. The molecule has 4 heterocycles. The number of anilines is 1. The summed E-state index contributed by atoms with van der Waals surface area (Å²) >= 11 is 6.31. The topological polar surface area (TPSA) is 46.4 Å². The Hall–Kier alpha value is -2.76. The van der Waals surface area contributed by atoms with Crippen molar-refractivity contribution in [3.05, 3.63) is 70.0 Å². The van der Waals surface area contributed by atoms with Crippen LogP contribution in [-0.2, 0) is 24.0 Å². The molecule has 202 valence electrons. The number of hydrogen-bond donors (Lipinski definition) is 0. The summed E-state index contributed by atoms with van der Waals surface area (Å²) < 4.78 is 76.4. The number of ether oxygens (including phenoxy) is 1. The molecular weight excluding hydrogens is 529 g/mol. The van der Waals surface area contributed by atoms with Crippen molar-refractivity contribution in [1.29, 1.82) is 0 Å². The van der Waals surface area contributed by atoms with Crippen LogP contribution in [0, 0.1) is 5.82 Å². The Labute approximate surface area is 220 Å². The first kappa shape index (κ1) is 25.5. The molecule has 0 radical (unpaired) electrons. The minimum atomic E-state index is -4.75. The van der Waals surface area contributed by atoms with Gasteiger partial charge in [0.2, 0.25) is 0 Å². The lowest BCUT2D eigenvalue weighted by Crippen LogP contribution is -2.53. The lowest BCUT2D eigenvalue weighted by molar-refractivity contribution is -0.142. The second-order valence-electron chi connectivity index (χ2n) is 10.3. The van der Waals surface area contributed by atoms with Gasteiger partial charge in [-0.25, -0.2) is 8.78 Å². The number of benzene rings is 2. The fraction of sp³-hybridized carbons (Fsp3) is 0.462. The summed E-state index contributed by atoms with van der Waals surface area (Å²) in [6.07, 6.45) is -3.63. The van der Waals surface area contributed by atoms with E-state index in [1.165, 1.54) is 12.1 Å². The zero-order valence-electron chi connectivity index (χ0n) is 20.3. The summed E-state index contributed by atoms with van der Waals surface area (Å²) in [6, 6.07) is 8.93. The van der Waals surface area contributed by atoms with Gasteiger partial charge in [0, 0.05) is 37.1 Å². The summed E-state index contributed by atoms with van der Waals surface area (Å²) in [5.74, 6) is 0.125. The zero-order chi connectivity index (χ0) is 26.7. The van der Waals surface area contributed by atoms with E-state index in [1.54, 1.807) is 11.0 Å². The van der Waals surface area contributed by atoms with Gasteiger partial charge in [-0.15, -0.1) is 10.2 Å². The Balaban J connectivity index is 1.26. The maximum Gasteiger partial charge on any atom is 0.419 e. The van der Waals surface area contributed by atoms with Crippen LogP contribution < -0.4 is 4.90 Å². The largest absolute Gasteiger partial charge is 0.419 e. The van der Waals surface area contributed by atoms with Crippen LogP contribution in [0.2, 0.25) is 5.02 Å². The number of halogens is 6. The van der Waals surface area contributed by atoms with E-state index < -0.39 is 23.2 Å². The summed E-state index contributed by atoms with van der Waals surface area (Å²) in [4.78, 5) is 3.63. The van der Waals surface area contributed by atoms with Crippen LogP contribution in [0.25, 0.3) is 5.69 Å². The SMILES string of the molecule is Fc1c(N2CCC(c3nnc4n3-c3ccc(Cl)cc3CN(CC3(F)COC3)C4)CC2)cccc1C(F)(F)F. The van der Waals surface area contributed by atoms with E-state index in [-0.39, 0.29) is 31.4 Å². The molecule has 0 unspecified atom stereocenters. The van der Waals surface area contributed by atoms with Crippen molar-refractivity contribution < 1.29 is 26.7 Å². The van der Waals surface area contributed by atoms with Gasteiger partial charge in [0.25, 0.3) is 0 Å². The normalized spacial score (nSPS) is 20.0. The number of hydrogen-bond acceptors (Lipinski definition) is 5. The van der Waals surface area contributed by atoms with Gasteiger partial charge in [0.15, 0.2) is 17.3 Å². The van der Waals surface area contributed by atoms with Gasteiger partial charge in [-0.3, -0.25) is 9.47 Å². The number of nitrogens with zero attached hydrogens (tertiary/aromatic N) is 5. The molecule has 38 heavy (non-hydrogen) atoms. The highest BCUT2D eigenvalue weighted by Crippen LogP contribution is 2.38. The standard InChI is InChI=1S/C26H25ClF5N5O/c27-18-4-5-20-17(10-18)11-35(13-25(29)14-38-15-25)12-22-33-34-24(37(20)22)16-6-8-36(9-7-16)21-3-1-2-19(23(21)28)26(30,31)32/h1-5,10,16H,6-9,11-15H2. The maximum absolute atomic E-state index is 14.9. The molecule has 0 N–H and O–H groups in total. The third kappa shape index (κ3) is 4.65. The molecule has 2 aromatic carbocycles. The Morgan fingerprint density at radius 3 is 2.47 bits per heavy atom. The van der Waals surface area contributed by atoms with Crippen LogP contribution in [0.1, 0.15) is 41.5 Å². The van der Waals surface area contributed by atoms with Gasteiger partial charge in [-0.1, -0.05) is 17.7 Å². The van der Waals surface area contributed by atoms with Gasteiger partial charge < -0.3 is 9.64 Å². The van der Waals surface area contributed by atoms with E-state index in [9.17, 15) is 22.0 Å². The summed E-state index contributed by atoms with van der Waals surface area (Å²) in [5.41, 5.74) is -0.916. The van der Waals surface area contributed by atoms with Gasteiger partial charge in [-0.05, 0) is 48.7 Å². The molecule has 3 aromatic rings. The first-order valence-electron chi connectivity index (χ1n) is 12.4. The molecule has 2 fully saturated rings. The molecule has 1 aromatic heterocycles. The molecule has 6 rings (SSSR count). The minimum Gasteiger partial charge on any atom is -0.375 e. The molecule has 12 heteroatoms. The van der Waals surface area contributed by atoms with Gasteiger partial charge in [0.05, 0.1) is 36.7 Å². The molecule has 3 aliphatic heterocycles. The number of alkyl halides is 4. The van der Waals surface area contributed by atoms with E-state index in [0.29, 0.717) is 49.9 Å². The molecule has 0 bridgehead atoms. The molecule has 0 saturated carbocycles. The zero-order valence-corrected chi connectivity index (χ0v) is 21.1. The highest BCUT2D eigenvalue weighted by atomic mass is 35.5. The first-order valence-corrected chi connectivity index (χ1v) is 12.8. The van der Waals surface area contributed by atoms with Crippen molar-refractivity contribution in [2.45, 2.75) is 43.7 Å². The Morgan fingerprint density at radius 2 is 1.79 bits per heavy atom. The summed E-state index contributed by atoms with van der Waals surface area (Å²) in [7, 11) is 0. The third-order valence-corrected chi connectivity index (χ3v) is 7.74. The summed E-state index contributed by atoms with van der Waals surface area (Å²) in [5, 5.41) is 9.53. The fourth-order valence-electron chi connectivity index (χ4n) is 5.64. The van der Waals surface area contributed by atoms with Crippen LogP contribution in [-0.4, -0.2) is 58.2 Å².